The molecule has 1 N–H and O–H groups in total. The van der Waals surface area contributed by atoms with E-state index in [0.717, 1.165) is 22.5 Å². The standard InChI is InChI=1S/C24H24N6O2/c1-15-7-9-17(10-8-15)22-21(16(2)32-29-22)24(31)26-14-19-12-20(30(3)4)28-23(27-19)18-6-5-11-25-13-18/h5-13H,14H2,1-4H3,(H,26,31). The molecule has 0 aliphatic heterocycles. The molecule has 3 aromatic heterocycles. The Hall–Kier alpha value is -4.07. The average Bonchev–Trinajstić information content (AvgIpc) is 3.19. The summed E-state index contributed by atoms with van der Waals surface area (Å²) in [4.78, 5) is 28.3. The van der Waals surface area contributed by atoms with Crippen LogP contribution in [0.3, 0.4) is 0 Å². The first-order chi connectivity index (χ1) is 15.4. The van der Waals surface area contributed by atoms with Gasteiger partial charge in [0.2, 0.25) is 0 Å². The summed E-state index contributed by atoms with van der Waals surface area (Å²) in [5.74, 6) is 1.48. The molecule has 8 heteroatoms. The van der Waals surface area contributed by atoms with Crippen molar-refractivity contribution in [3.8, 4) is 22.6 Å². The van der Waals surface area contributed by atoms with Gasteiger partial charge in [0.15, 0.2) is 5.82 Å². The van der Waals surface area contributed by atoms with Crippen molar-refractivity contribution in [2.75, 3.05) is 19.0 Å². The molecule has 0 radical (unpaired) electrons. The molecular formula is C24H24N6O2. The van der Waals surface area contributed by atoms with Gasteiger partial charge >= 0.3 is 0 Å². The summed E-state index contributed by atoms with van der Waals surface area (Å²) in [5, 5.41) is 7.05. The maximum Gasteiger partial charge on any atom is 0.257 e. The number of benzene rings is 1. The van der Waals surface area contributed by atoms with Crippen molar-refractivity contribution in [2.24, 2.45) is 0 Å². The minimum atomic E-state index is -0.271. The van der Waals surface area contributed by atoms with E-state index in [1.54, 1.807) is 19.3 Å². The number of pyridine rings is 1. The largest absolute Gasteiger partial charge is 0.363 e. The number of anilines is 1. The van der Waals surface area contributed by atoms with Crippen LogP contribution in [0.15, 0.2) is 59.4 Å². The summed E-state index contributed by atoms with van der Waals surface area (Å²) in [6, 6.07) is 13.4. The quantitative estimate of drug-likeness (QED) is 0.499. The number of carbonyl (C=O) groups is 1. The van der Waals surface area contributed by atoms with E-state index in [1.165, 1.54) is 0 Å². The third-order valence-electron chi connectivity index (χ3n) is 4.99. The van der Waals surface area contributed by atoms with Gasteiger partial charge in [-0.3, -0.25) is 9.78 Å². The third kappa shape index (κ3) is 4.49. The molecule has 0 saturated carbocycles. The normalized spacial score (nSPS) is 10.8. The van der Waals surface area contributed by atoms with Crippen LogP contribution in [0.5, 0.6) is 0 Å². The van der Waals surface area contributed by atoms with Crippen LogP contribution in [0.4, 0.5) is 5.82 Å². The van der Waals surface area contributed by atoms with Gasteiger partial charge in [0.05, 0.1) is 12.2 Å². The highest BCUT2D eigenvalue weighted by atomic mass is 16.5. The Morgan fingerprint density at radius 1 is 1.06 bits per heavy atom. The first kappa shape index (κ1) is 21.2. The van der Waals surface area contributed by atoms with E-state index in [-0.39, 0.29) is 12.5 Å². The van der Waals surface area contributed by atoms with Gasteiger partial charge in [-0.1, -0.05) is 35.0 Å². The number of rotatable bonds is 6. The summed E-state index contributed by atoms with van der Waals surface area (Å²) in [7, 11) is 3.82. The number of hydrogen-bond donors (Lipinski definition) is 1. The highest BCUT2D eigenvalue weighted by Gasteiger charge is 2.21. The minimum Gasteiger partial charge on any atom is -0.363 e. The molecule has 32 heavy (non-hydrogen) atoms. The number of carbonyl (C=O) groups excluding carboxylic acids is 1. The fourth-order valence-electron chi connectivity index (χ4n) is 3.23. The first-order valence-electron chi connectivity index (χ1n) is 10.2. The van der Waals surface area contributed by atoms with Crippen LogP contribution >= 0.6 is 0 Å². The van der Waals surface area contributed by atoms with E-state index in [4.69, 9.17) is 4.52 Å². The summed E-state index contributed by atoms with van der Waals surface area (Å²) in [5.41, 5.74) is 4.39. The van der Waals surface area contributed by atoms with Gasteiger partial charge in [-0.05, 0) is 26.0 Å². The van der Waals surface area contributed by atoms with Crippen molar-refractivity contribution < 1.29 is 9.32 Å². The van der Waals surface area contributed by atoms with Gasteiger partial charge in [-0.25, -0.2) is 9.97 Å². The van der Waals surface area contributed by atoms with Crippen LogP contribution in [-0.2, 0) is 6.54 Å². The number of hydrogen-bond acceptors (Lipinski definition) is 7. The van der Waals surface area contributed by atoms with Gasteiger partial charge < -0.3 is 14.7 Å². The van der Waals surface area contributed by atoms with Gasteiger partial charge in [-0.15, -0.1) is 0 Å². The lowest BCUT2D eigenvalue weighted by Crippen LogP contribution is -2.25. The molecule has 0 unspecified atom stereocenters. The smallest absolute Gasteiger partial charge is 0.257 e. The van der Waals surface area contributed by atoms with Crippen LogP contribution in [0.2, 0.25) is 0 Å². The zero-order valence-electron chi connectivity index (χ0n) is 18.5. The summed E-state index contributed by atoms with van der Waals surface area (Å²) >= 11 is 0. The molecule has 0 saturated heterocycles. The topological polar surface area (TPSA) is 97.0 Å². The zero-order chi connectivity index (χ0) is 22.7. The number of aryl methyl sites for hydroxylation is 2. The summed E-state index contributed by atoms with van der Waals surface area (Å²) < 4.78 is 5.33. The lowest BCUT2D eigenvalue weighted by atomic mass is 10.0. The fourth-order valence-corrected chi connectivity index (χ4v) is 3.23. The number of nitrogens with zero attached hydrogens (tertiary/aromatic N) is 5. The molecule has 4 aromatic rings. The van der Waals surface area contributed by atoms with Crippen molar-refractivity contribution >= 4 is 11.7 Å². The van der Waals surface area contributed by atoms with Crippen molar-refractivity contribution in [3.63, 3.8) is 0 Å². The second kappa shape index (κ2) is 8.97. The van der Waals surface area contributed by atoms with E-state index < -0.39 is 0 Å². The van der Waals surface area contributed by atoms with Crippen molar-refractivity contribution in [3.05, 3.63) is 77.4 Å². The Bertz CT molecular complexity index is 1230. The Kier molecular flexibility index (Phi) is 5.93. The maximum absolute atomic E-state index is 13.1. The van der Waals surface area contributed by atoms with E-state index in [0.29, 0.717) is 28.5 Å². The highest BCUT2D eigenvalue weighted by Crippen LogP contribution is 2.26. The molecule has 8 nitrogen and oxygen atoms in total. The van der Waals surface area contributed by atoms with E-state index >= 15 is 0 Å². The zero-order valence-corrected chi connectivity index (χ0v) is 18.5. The molecule has 0 spiro atoms. The SMILES string of the molecule is Cc1ccc(-c2noc(C)c2C(=O)NCc2cc(N(C)C)nc(-c3cccnc3)n2)cc1. The molecule has 3 heterocycles. The fraction of sp³-hybridized carbons (Fsp3) is 0.208. The second-order valence-electron chi connectivity index (χ2n) is 7.69. The first-order valence-corrected chi connectivity index (χ1v) is 10.2. The molecule has 0 fully saturated rings. The van der Waals surface area contributed by atoms with Crippen molar-refractivity contribution in [1.29, 1.82) is 0 Å². The molecule has 0 aliphatic carbocycles. The number of amides is 1. The van der Waals surface area contributed by atoms with Crippen LogP contribution in [-0.4, -0.2) is 40.1 Å². The van der Waals surface area contributed by atoms with Crippen LogP contribution in [0.1, 0.15) is 27.4 Å². The van der Waals surface area contributed by atoms with E-state index in [2.05, 4.69) is 25.4 Å². The van der Waals surface area contributed by atoms with E-state index in [9.17, 15) is 4.79 Å². The van der Waals surface area contributed by atoms with Crippen LogP contribution in [0, 0.1) is 13.8 Å². The predicted molar refractivity (Wildman–Crippen MR) is 122 cm³/mol. The Labute approximate surface area is 186 Å². The van der Waals surface area contributed by atoms with E-state index in [1.807, 2.05) is 68.4 Å². The van der Waals surface area contributed by atoms with Crippen LogP contribution in [0.25, 0.3) is 22.6 Å². The van der Waals surface area contributed by atoms with Crippen LogP contribution < -0.4 is 10.2 Å². The second-order valence-corrected chi connectivity index (χ2v) is 7.69. The van der Waals surface area contributed by atoms with Gasteiger partial charge in [0.1, 0.15) is 22.8 Å². The van der Waals surface area contributed by atoms with Crippen molar-refractivity contribution in [2.45, 2.75) is 20.4 Å². The Morgan fingerprint density at radius 3 is 2.53 bits per heavy atom. The molecule has 1 aromatic carbocycles. The molecule has 0 bridgehead atoms. The number of nitrogens with one attached hydrogen (secondary N) is 1. The molecule has 4 rings (SSSR count). The van der Waals surface area contributed by atoms with Crippen molar-refractivity contribution in [1.82, 2.24) is 25.4 Å². The predicted octanol–water partition coefficient (Wildman–Crippen LogP) is 3.81. The Morgan fingerprint density at radius 2 is 1.84 bits per heavy atom. The minimum absolute atomic E-state index is 0.230. The average molecular weight is 428 g/mol. The van der Waals surface area contributed by atoms with Gasteiger partial charge in [0, 0.05) is 43.7 Å². The summed E-state index contributed by atoms with van der Waals surface area (Å²) in [6.45, 7) is 3.97. The Balaban J connectivity index is 1.59. The molecule has 0 aliphatic rings. The lowest BCUT2D eigenvalue weighted by molar-refractivity contribution is 0.0949. The lowest BCUT2D eigenvalue weighted by Gasteiger charge is -2.14. The number of aromatic nitrogens is 4. The molecule has 162 valence electrons. The maximum atomic E-state index is 13.1. The monoisotopic (exact) mass is 428 g/mol. The highest BCUT2D eigenvalue weighted by molar-refractivity contribution is 6.00. The van der Waals surface area contributed by atoms with Gasteiger partial charge in [0.25, 0.3) is 5.91 Å². The summed E-state index contributed by atoms with van der Waals surface area (Å²) in [6.07, 6.45) is 3.42. The molecule has 1 amide bonds. The molecule has 0 atom stereocenters. The molecular weight excluding hydrogens is 404 g/mol. The van der Waals surface area contributed by atoms with Gasteiger partial charge in [-0.2, -0.15) is 0 Å². The third-order valence-corrected chi connectivity index (χ3v) is 4.99.